The van der Waals surface area contributed by atoms with E-state index in [0.29, 0.717) is 13.1 Å². The van der Waals surface area contributed by atoms with E-state index < -0.39 is 23.8 Å². The van der Waals surface area contributed by atoms with E-state index in [1.165, 1.54) is 9.80 Å². The smallest absolute Gasteiger partial charge is 0.411 e. The molecule has 3 rings (SSSR count). The molecule has 1 atom stereocenters. The van der Waals surface area contributed by atoms with Crippen molar-refractivity contribution in [1.82, 2.24) is 14.7 Å². The van der Waals surface area contributed by atoms with Crippen molar-refractivity contribution in [2.45, 2.75) is 51.9 Å². The van der Waals surface area contributed by atoms with E-state index in [2.05, 4.69) is 0 Å². The number of rotatable bonds is 3. The third-order valence-electron chi connectivity index (χ3n) is 5.17. The Morgan fingerprint density at radius 1 is 0.933 bits per heavy atom. The van der Waals surface area contributed by atoms with Crippen molar-refractivity contribution in [3.8, 4) is 0 Å². The Kier molecular flexibility index (Phi) is 6.84. The van der Waals surface area contributed by atoms with Crippen LogP contribution in [-0.4, -0.2) is 77.2 Å². The van der Waals surface area contributed by atoms with Crippen LogP contribution in [0.3, 0.4) is 0 Å². The quantitative estimate of drug-likeness (QED) is 0.756. The maximum Gasteiger partial charge on any atom is 0.411 e. The highest BCUT2D eigenvalue weighted by atomic mass is 16.6. The molecule has 8 heteroatoms. The molecular formula is C22H31N3O5. The Balaban J connectivity index is 1.68. The first-order valence-corrected chi connectivity index (χ1v) is 10.5. The fourth-order valence-electron chi connectivity index (χ4n) is 3.66. The van der Waals surface area contributed by atoms with E-state index in [-0.39, 0.29) is 32.1 Å². The van der Waals surface area contributed by atoms with E-state index >= 15 is 0 Å². The lowest BCUT2D eigenvalue weighted by atomic mass is 10.1. The van der Waals surface area contributed by atoms with Crippen LogP contribution in [0.5, 0.6) is 0 Å². The molecule has 30 heavy (non-hydrogen) atoms. The molecule has 2 aliphatic heterocycles. The molecule has 8 nitrogen and oxygen atoms in total. The fourth-order valence-corrected chi connectivity index (χ4v) is 3.66. The van der Waals surface area contributed by atoms with Crippen LogP contribution in [0.2, 0.25) is 0 Å². The second-order valence-electron chi connectivity index (χ2n) is 8.71. The lowest BCUT2D eigenvalue weighted by Gasteiger charge is -2.41. The second-order valence-corrected chi connectivity index (χ2v) is 8.71. The molecule has 1 aromatic rings. The van der Waals surface area contributed by atoms with Crippen molar-refractivity contribution in [3.63, 3.8) is 0 Å². The maximum absolute atomic E-state index is 13.1. The fraction of sp³-hybridized carbons (Fsp3) is 0.591. The van der Waals surface area contributed by atoms with Crippen molar-refractivity contribution >= 4 is 18.1 Å². The number of carbonyl (C=O) groups excluding carboxylic acids is 3. The lowest BCUT2D eigenvalue weighted by molar-refractivity contribution is -0.137. The van der Waals surface area contributed by atoms with Gasteiger partial charge in [0.25, 0.3) is 0 Å². The Bertz CT molecular complexity index is 756. The van der Waals surface area contributed by atoms with Gasteiger partial charge < -0.3 is 19.3 Å². The normalized spacial score (nSPS) is 19.6. The van der Waals surface area contributed by atoms with Crippen LogP contribution in [0.25, 0.3) is 0 Å². The summed E-state index contributed by atoms with van der Waals surface area (Å²) in [7, 11) is 0. The van der Waals surface area contributed by atoms with Gasteiger partial charge in [-0.05, 0) is 39.2 Å². The zero-order valence-electron chi connectivity index (χ0n) is 18.0. The summed E-state index contributed by atoms with van der Waals surface area (Å²) >= 11 is 0. The molecule has 2 aliphatic rings. The van der Waals surface area contributed by atoms with Crippen molar-refractivity contribution in [1.29, 1.82) is 0 Å². The highest BCUT2D eigenvalue weighted by Gasteiger charge is 2.41. The number of amides is 3. The van der Waals surface area contributed by atoms with Gasteiger partial charge in [0.1, 0.15) is 18.2 Å². The second kappa shape index (κ2) is 9.36. The maximum atomic E-state index is 13.1. The van der Waals surface area contributed by atoms with Gasteiger partial charge >= 0.3 is 12.2 Å². The summed E-state index contributed by atoms with van der Waals surface area (Å²) in [5.41, 5.74) is 0.229. The number of ether oxygens (including phenoxy) is 2. The number of piperazine rings is 1. The lowest BCUT2D eigenvalue weighted by Crippen LogP contribution is -2.62. The molecule has 164 valence electrons. The average Bonchev–Trinajstić information content (AvgIpc) is 3.25. The van der Waals surface area contributed by atoms with Crippen LogP contribution in [0.4, 0.5) is 9.59 Å². The number of nitrogens with zero attached hydrogens (tertiary/aromatic N) is 3. The highest BCUT2D eigenvalue weighted by molar-refractivity contribution is 5.87. The number of hydrogen-bond acceptors (Lipinski definition) is 5. The van der Waals surface area contributed by atoms with Gasteiger partial charge in [0.2, 0.25) is 5.91 Å². The third-order valence-corrected chi connectivity index (χ3v) is 5.17. The summed E-state index contributed by atoms with van der Waals surface area (Å²) in [5.74, 6) is -0.140. The molecule has 3 amide bonds. The molecule has 2 fully saturated rings. The zero-order valence-corrected chi connectivity index (χ0v) is 18.0. The van der Waals surface area contributed by atoms with E-state index in [1.807, 2.05) is 30.3 Å². The van der Waals surface area contributed by atoms with E-state index in [0.717, 1.165) is 18.4 Å². The van der Waals surface area contributed by atoms with Gasteiger partial charge in [0.05, 0.1) is 6.54 Å². The molecule has 0 aliphatic carbocycles. The van der Waals surface area contributed by atoms with Crippen LogP contribution >= 0.6 is 0 Å². The molecule has 1 aromatic carbocycles. The highest BCUT2D eigenvalue weighted by Crippen LogP contribution is 2.20. The predicted molar refractivity (Wildman–Crippen MR) is 111 cm³/mol. The van der Waals surface area contributed by atoms with Crippen molar-refractivity contribution in [3.05, 3.63) is 35.9 Å². The monoisotopic (exact) mass is 417 g/mol. The van der Waals surface area contributed by atoms with Gasteiger partial charge in [-0.1, -0.05) is 30.3 Å². The van der Waals surface area contributed by atoms with E-state index in [9.17, 15) is 14.4 Å². The summed E-state index contributed by atoms with van der Waals surface area (Å²) in [4.78, 5) is 43.2. The van der Waals surface area contributed by atoms with Gasteiger partial charge in [-0.15, -0.1) is 0 Å². The minimum Gasteiger partial charge on any atom is -0.445 e. The first kappa shape index (κ1) is 21.9. The molecule has 0 bridgehead atoms. The molecule has 0 spiro atoms. The molecule has 0 saturated carbocycles. The predicted octanol–water partition coefficient (Wildman–Crippen LogP) is 2.87. The summed E-state index contributed by atoms with van der Waals surface area (Å²) in [6.07, 6.45) is 0.890. The Morgan fingerprint density at radius 3 is 2.23 bits per heavy atom. The third kappa shape index (κ3) is 5.64. The van der Waals surface area contributed by atoms with Crippen LogP contribution in [0.15, 0.2) is 30.3 Å². The zero-order chi connectivity index (χ0) is 21.7. The molecule has 0 radical (unpaired) electrons. The molecular weight excluding hydrogens is 386 g/mol. The number of carbonyl (C=O) groups is 3. The first-order valence-electron chi connectivity index (χ1n) is 10.5. The Morgan fingerprint density at radius 2 is 1.60 bits per heavy atom. The summed E-state index contributed by atoms with van der Waals surface area (Å²) in [6.45, 7) is 7.50. The largest absolute Gasteiger partial charge is 0.445 e. The number of likely N-dealkylation sites (tertiary alicyclic amines) is 1. The van der Waals surface area contributed by atoms with Crippen molar-refractivity contribution in [2.75, 3.05) is 32.7 Å². The van der Waals surface area contributed by atoms with Gasteiger partial charge in [-0.2, -0.15) is 0 Å². The minimum atomic E-state index is -0.768. The molecule has 2 saturated heterocycles. The van der Waals surface area contributed by atoms with Gasteiger partial charge in [-0.3, -0.25) is 9.69 Å². The first-order chi connectivity index (χ1) is 14.2. The summed E-state index contributed by atoms with van der Waals surface area (Å²) < 4.78 is 10.9. The van der Waals surface area contributed by atoms with Gasteiger partial charge in [0, 0.05) is 26.2 Å². The number of benzene rings is 1. The molecule has 2 heterocycles. The molecule has 0 N–H and O–H groups in total. The van der Waals surface area contributed by atoms with Gasteiger partial charge in [-0.25, -0.2) is 9.59 Å². The molecule has 0 unspecified atom stereocenters. The minimum absolute atomic E-state index is 0.0994. The Labute approximate surface area is 177 Å². The molecule has 0 aromatic heterocycles. The number of hydrogen-bond donors (Lipinski definition) is 0. The van der Waals surface area contributed by atoms with E-state index in [1.54, 1.807) is 25.7 Å². The summed E-state index contributed by atoms with van der Waals surface area (Å²) in [5, 5.41) is 0. The van der Waals surface area contributed by atoms with E-state index in [4.69, 9.17) is 9.47 Å². The average molecular weight is 418 g/mol. The van der Waals surface area contributed by atoms with Crippen LogP contribution in [-0.2, 0) is 20.9 Å². The topological polar surface area (TPSA) is 79.4 Å². The van der Waals surface area contributed by atoms with Crippen molar-refractivity contribution in [2.24, 2.45) is 0 Å². The van der Waals surface area contributed by atoms with Gasteiger partial charge in [0.15, 0.2) is 0 Å². The van der Waals surface area contributed by atoms with Crippen LogP contribution < -0.4 is 0 Å². The SMILES string of the molecule is CC(C)(C)OC(=O)N1CCN(C(=O)OCc2ccccc2)C[C@H]1C(=O)N1CCCC1. The van der Waals surface area contributed by atoms with Crippen LogP contribution in [0, 0.1) is 0 Å². The summed E-state index contributed by atoms with van der Waals surface area (Å²) in [6, 6.07) is 8.66. The van der Waals surface area contributed by atoms with Crippen molar-refractivity contribution < 1.29 is 23.9 Å². The van der Waals surface area contributed by atoms with Crippen LogP contribution in [0.1, 0.15) is 39.2 Å². The standard InChI is InChI=1S/C22H31N3O5/c1-22(2,3)30-21(28)25-14-13-24(15-18(25)19(26)23-11-7-8-12-23)20(27)29-16-17-9-5-4-6-10-17/h4-6,9-10,18H,7-8,11-16H2,1-3H3/t18-/m0/s1. The Hall–Kier alpha value is -2.77.